The Hall–Kier alpha value is -2.26. The Morgan fingerprint density at radius 3 is 2.71 bits per heavy atom. The molecule has 0 saturated heterocycles. The number of fused-ring (bicyclic) bond motifs is 1. The summed E-state index contributed by atoms with van der Waals surface area (Å²) in [5.41, 5.74) is 2.89. The number of hydrogen-bond acceptors (Lipinski definition) is 2. The Labute approximate surface area is 127 Å². The van der Waals surface area contributed by atoms with Gasteiger partial charge in [-0.1, -0.05) is 35.9 Å². The summed E-state index contributed by atoms with van der Waals surface area (Å²) in [6.07, 6.45) is 2.23. The molecule has 0 fully saturated rings. The molecule has 1 aromatic heterocycles. The number of halogens is 1. The molecule has 0 saturated carbocycles. The Balaban J connectivity index is 2.14. The largest absolute Gasteiger partial charge is 0.469 e. The van der Waals surface area contributed by atoms with E-state index in [1.165, 1.54) is 7.11 Å². The van der Waals surface area contributed by atoms with Crippen LogP contribution >= 0.6 is 11.6 Å². The first kappa shape index (κ1) is 13.7. The van der Waals surface area contributed by atoms with Gasteiger partial charge in [0.2, 0.25) is 0 Å². The van der Waals surface area contributed by atoms with Crippen LogP contribution in [-0.4, -0.2) is 17.6 Å². The third-order valence-electron chi connectivity index (χ3n) is 3.50. The maximum atomic E-state index is 11.5. The van der Waals surface area contributed by atoms with E-state index in [2.05, 4.69) is 0 Å². The number of hydrogen-bond donors (Lipinski definition) is 0. The van der Waals surface area contributed by atoms with Gasteiger partial charge in [0.05, 0.1) is 29.8 Å². The van der Waals surface area contributed by atoms with E-state index in [0.29, 0.717) is 5.02 Å². The van der Waals surface area contributed by atoms with Crippen LogP contribution in [0.15, 0.2) is 54.7 Å². The van der Waals surface area contributed by atoms with Crippen molar-refractivity contribution in [3.8, 4) is 5.69 Å². The normalized spacial score (nSPS) is 10.8. The fourth-order valence-corrected chi connectivity index (χ4v) is 2.70. The van der Waals surface area contributed by atoms with E-state index in [4.69, 9.17) is 16.3 Å². The van der Waals surface area contributed by atoms with Gasteiger partial charge in [-0.15, -0.1) is 0 Å². The maximum Gasteiger partial charge on any atom is 0.310 e. The van der Waals surface area contributed by atoms with Gasteiger partial charge in [0.15, 0.2) is 0 Å². The van der Waals surface area contributed by atoms with Crippen LogP contribution in [-0.2, 0) is 16.0 Å². The van der Waals surface area contributed by atoms with Crippen LogP contribution in [0.3, 0.4) is 0 Å². The van der Waals surface area contributed by atoms with E-state index in [1.54, 1.807) is 0 Å². The Morgan fingerprint density at radius 2 is 1.95 bits per heavy atom. The third kappa shape index (κ3) is 2.52. The number of para-hydroxylation sites is 1. The van der Waals surface area contributed by atoms with Gasteiger partial charge in [-0.05, 0) is 29.8 Å². The molecule has 3 nitrogen and oxygen atoms in total. The van der Waals surface area contributed by atoms with Crippen molar-refractivity contribution in [2.24, 2.45) is 0 Å². The molecule has 3 aromatic rings. The van der Waals surface area contributed by atoms with Gasteiger partial charge in [-0.3, -0.25) is 4.79 Å². The highest BCUT2D eigenvalue weighted by atomic mass is 35.5. The van der Waals surface area contributed by atoms with Crippen LogP contribution in [0.5, 0.6) is 0 Å². The third-order valence-corrected chi connectivity index (χ3v) is 3.82. The number of nitrogens with zero attached hydrogens (tertiary/aromatic N) is 1. The minimum absolute atomic E-state index is 0.243. The van der Waals surface area contributed by atoms with Gasteiger partial charge in [0.1, 0.15) is 0 Å². The van der Waals surface area contributed by atoms with Crippen LogP contribution < -0.4 is 0 Å². The SMILES string of the molecule is COC(=O)Cc1cccc2c1ccn2-c1ccccc1Cl. The van der Waals surface area contributed by atoms with Crippen LogP contribution in [0.4, 0.5) is 0 Å². The van der Waals surface area contributed by atoms with E-state index >= 15 is 0 Å². The molecular formula is C17H14ClNO2. The molecular weight excluding hydrogens is 286 g/mol. The highest BCUT2D eigenvalue weighted by Gasteiger charge is 2.11. The quantitative estimate of drug-likeness (QED) is 0.685. The predicted molar refractivity (Wildman–Crippen MR) is 84.0 cm³/mol. The average molecular weight is 300 g/mol. The fourth-order valence-electron chi connectivity index (χ4n) is 2.47. The van der Waals surface area contributed by atoms with Crippen LogP contribution in [0.1, 0.15) is 5.56 Å². The molecule has 0 radical (unpaired) electrons. The highest BCUT2D eigenvalue weighted by molar-refractivity contribution is 6.32. The number of benzene rings is 2. The molecule has 0 spiro atoms. The second-order valence-electron chi connectivity index (χ2n) is 4.74. The van der Waals surface area contributed by atoms with Crippen LogP contribution in [0, 0.1) is 0 Å². The molecule has 3 rings (SSSR count). The monoisotopic (exact) mass is 299 g/mol. The summed E-state index contributed by atoms with van der Waals surface area (Å²) in [5.74, 6) is -0.243. The van der Waals surface area contributed by atoms with Crippen LogP contribution in [0.25, 0.3) is 16.6 Å². The van der Waals surface area contributed by atoms with Gasteiger partial charge < -0.3 is 9.30 Å². The van der Waals surface area contributed by atoms with Crippen molar-refractivity contribution in [3.05, 3.63) is 65.3 Å². The first-order valence-electron chi connectivity index (χ1n) is 6.61. The molecule has 0 bridgehead atoms. The molecule has 106 valence electrons. The number of methoxy groups -OCH3 is 1. The summed E-state index contributed by atoms with van der Waals surface area (Å²) in [6, 6.07) is 15.6. The van der Waals surface area contributed by atoms with E-state index in [9.17, 15) is 4.79 Å². The molecule has 0 aliphatic carbocycles. The van der Waals surface area contributed by atoms with E-state index in [-0.39, 0.29) is 12.4 Å². The molecule has 2 aromatic carbocycles. The lowest BCUT2D eigenvalue weighted by molar-refractivity contribution is -0.139. The minimum atomic E-state index is -0.243. The second-order valence-corrected chi connectivity index (χ2v) is 5.15. The summed E-state index contributed by atoms with van der Waals surface area (Å²) in [4.78, 5) is 11.5. The summed E-state index contributed by atoms with van der Waals surface area (Å²) in [6.45, 7) is 0. The number of carbonyl (C=O) groups excluding carboxylic acids is 1. The smallest absolute Gasteiger partial charge is 0.310 e. The van der Waals surface area contributed by atoms with Gasteiger partial charge in [-0.2, -0.15) is 0 Å². The van der Waals surface area contributed by atoms with Gasteiger partial charge in [0, 0.05) is 11.6 Å². The number of rotatable bonds is 3. The van der Waals surface area contributed by atoms with Crippen molar-refractivity contribution in [2.45, 2.75) is 6.42 Å². The number of carbonyl (C=O) groups is 1. The molecule has 0 N–H and O–H groups in total. The zero-order chi connectivity index (χ0) is 14.8. The zero-order valence-corrected chi connectivity index (χ0v) is 12.3. The number of ether oxygens (including phenoxy) is 1. The molecule has 0 aliphatic heterocycles. The van der Waals surface area contributed by atoms with Gasteiger partial charge in [0.25, 0.3) is 0 Å². The summed E-state index contributed by atoms with van der Waals surface area (Å²) in [7, 11) is 1.40. The fraction of sp³-hybridized carbons (Fsp3) is 0.118. The first-order valence-corrected chi connectivity index (χ1v) is 6.99. The Kier molecular flexibility index (Phi) is 3.67. The van der Waals surface area contributed by atoms with Crippen molar-refractivity contribution in [3.63, 3.8) is 0 Å². The Bertz CT molecular complexity index is 807. The lowest BCUT2D eigenvalue weighted by Gasteiger charge is -2.08. The molecule has 0 aliphatic rings. The maximum absolute atomic E-state index is 11.5. The van der Waals surface area contributed by atoms with Crippen molar-refractivity contribution in [2.75, 3.05) is 7.11 Å². The van der Waals surface area contributed by atoms with Crippen molar-refractivity contribution in [1.82, 2.24) is 4.57 Å². The number of esters is 1. The topological polar surface area (TPSA) is 31.2 Å². The standard InChI is InChI=1S/C17H14ClNO2/c1-21-17(20)11-12-5-4-8-15-13(12)9-10-19(15)16-7-3-2-6-14(16)18/h2-10H,11H2,1H3. The average Bonchev–Trinajstić information content (AvgIpc) is 2.92. The van der Waals surface area contributed by atoms with Crippen molar-refractivity contribution >= 4 is 28.5 Å². The van der Waals surface area contributed by atoms with Gasteiger partial charge >= 0.3 is 5.97 Å². The lowest BCUT2D eigenvalue weighted by Crippen LogP contribution is -2.04. The summed E-state index contributed by atoms with van der Waals surface area (Å²) in [5, 5.41) is 1.72. The molecule has 0 unspecified atom stereocenters. The summed E-state index contributed by atoms with van der Waals surface area (Å²) >= 11 is 6.27. The van der Waals surface area contributed by atoms with E-state index in [0.717, 1.165) is 22.2 Å². The first-order chi connectivity index (χ1) is 10.2. The lowest BCUT2D eigenvalue weighted by atomic mass is 10.1. The Morgan fingerprint density at radius 1 is 1.14 bits per heavy atom. The zero-order valence-electron chi connectivity index (χ0n) is 11.5. The van der Waals surface area contributed by atoms with Crippen molar-refractivity contribution in [1.29, 1.82) is 0 Å². The summed E-state index contributed by atoms with van der Waals surface area (Å²) < 4.78 is 6.77. The molecule has 4 heteroatoms. The second kappa shape index (κ2) is 5.62. The van der Waals surface area contributed by atoms with Crippen LogP contribution in [0.2, 0.25) is 5.02 Å². The molecule has 1 heterocycles. The predicted octanol–water partition coefficient (Wildman–Crippen LogP) is 4.00. The molecule has 0 atom stereocenters. The molecule has 0 amide bonds. The highest BCUT2D eigenvalue weighted by Crippen LogP contribution is 2.27. The van der Waals surface area contributed by atoms with Crippen molar-refractivity contribution < 1.29 is 9.53 Å². The minimum Gasteiger partial charge on any atom is -0.469 e. The van der Waals surface area contributed by atoms with E-state index in [1.807, 2.05) is 59.3 Å². The van der Waals surface area contributed by atoms with Gasteiger partial charge in [-0.25, -0.2) is 0 Å². The number of aromatic nitrogens is 1. The molecule has 21 heavy (non-hydrogen) atoms. The van der Waals surface area contributed by atoms with E-state index < -0.39 is 0 Å².